The molecular weight excluding hydrogens is 302 g/mol. The van der Waals surface area contributed by atoms with Crippen LogP contribution >= 0.6 is 0 Å². The standard InChI is InChI=1S/C24H23N/c1-3-18-9-7-8-12-22(18)23(4-2)25-24(15-16-24)21-14-13-19-10-5-6-11-20(19)17-21/h5-14,17,25H,2-3,15-16H2,1H3. The lowest BCUT2D eigenvalue weighted by atomic mass is 9.98. The van der Waals surface area contributed by atoms with Gasteiger partial charge in [0.15, 0.2) is 0 Å². The zero-order valence-corrected chi connectivity index (χ0v) is 14.7. The Kier molecular flexibility index (Phi) is 3.95. The first-order valence-corrected chi connectivity index (χ1v) is 9.01. The molecule has 25 heavy (non-hydrogen) atoms. The van der Waals surface area contributed by atoms with Crippen LogP contribution in [0, 0.1) is 0 Å². The molecule has 0 saturated heterocycles. The van der Waals surface area contributed by atoms with Crippen LogP contribution in [0.3, 0.4) is 0 Å². The second kappa shape index (κ2) is 6.27. The molecule has 4 rings (SSSR count). The minimum absolute atomic E-state index is 0.0188. The lowest BCUT2D eigenvalue weighted by Gasteiger charge is -2.22. The molecule has 0 spiro atoms. The second-order valence-corrected chi connectivity index (χ2v) is 6.83. The van der Waals surface area contributed by atoms with Gasteiger partial charge in [-0.15, -0.1) is 5.73 Å². The van der Waals surface area contributed by atoms with E-state index in [1.807, 2.05) is 0 Å². The van der Waals surface area contributed by atoms with Crippen molar-refractivity contribution in [3.8, 4) is 0 Å². The van der Waals surface area contributed by atoms with Gasteiger partial charge < -0.3 is 5.32 Å². The zero-order valence-electron chi connectivity index (χ0n) is 14.7. The molecule has 1 saturated carbocycles. The normalized spacial score (nSPS) is 14.8. The Morgan fingerprint density at radius 1 is 1.00 bits per heavy atom. The third kappa shape index (κ3) is 2.88. The fourth-order valence-corrected chi connectivity index (χ4v) is 3.62. The molecule has 124 valence electrons. The molecule has 0 aromatic heterocycles. The van der Waals surface area contributed by atoms with Gasteiger partial charge >= 0.3 is 0 Å². The Hall–Kier alpha value is -2.76. The van der Waals surface area contributed by atoms with Crippen LogP contribution in [0.25, 0.3) is 16.5 Å². The molecule has 3 aromatic rings. The molecule has 1 nitrogen and oxygen atoms in total. The maximum atomic E-state index is 3.94. The first-order chi connectivity index (χ1) is 12.3. The molecule has 1 fully saturated rings. The lowest BCUT2D eigenvalue weighted by molar-refractivity contribution is 0.631. The van der Waals surface area contributed by atoms with E-state index in [9.17, 15) is 0 Å². The number of benzene rings is 3. The molecule has 0 bridgehead atoms. The average molecular weight is 325 g/mol. The summed E-state index contributed by atoms with van der Waals surface area (Å²) in [4.78, 5) is 0. The highest BCUT2D eigenvalue weighted by Gasteiger charge is 2.45. The molecule has 1 heteroatoms. The van der Waals surface area contributed by atoms with Crippen LogP contribution in [-0.4, -0.2) is 0 Å². The summed E-state index contributed by atoms with van der Waals surface area (Å²) in [6.45, 7) is 6.13. The fourth-order valence-electron chi connectivity index (χ4n) is 3.62. The fraction of sp³-hybridized carbons (Fsp3) is 0.208. The molecule has 0 unspecified atom stereocenters. The van der Waals surface area contributed by atoms with Crippen LogP contribution in [-0.2, 0) is 12.0 Å². The number of nitrogens with one attached hydrogen (secondary N) is 1. The van der Waals surface area contributed by atoms with Crippen LogP contribution in [0.1, 0.15) is 36.5 Å². The maximum absolute atomic E-state index is 3.94. The molecule has 0 heterocycles. The average Bonchev–Trinajstić information content (AvgIpc) is 3.46. The van der Waals surface area contributed by atoms with E-state index in [0.717, 1.165) is 25.0 Å². The summed E-state index contributed by atoms with van der Waals surface area (Å²) >= 11 is 0. The third-order valence-electron chi connectivity index (χ3n) is 5.26. The first-order valence-electron chi connectivity index (χ1n) is 9.01. The lowest BCUT2D eigenvalue weighted by Crippen LogP contribution is -2.27. The first kappa shape index (κ1) is 15.7. The molecular formula is C24H23N. The molecule has 1 aliphatic carbocycles. The van der Waals surface area contributed by atoms with Gasteiger partial charge in [0.2, 0.25) is 0 Å². The minimum atomic E-state index is 0.0188. The van der Waals surface area contributed by atoms with Gasteiger partial charge in [0.1, 0.15) is 0 Å². The molecule has 0 amide bonds. The number of aryl methyl sites for hydroxylation is 1. The number of hydrogen-bond donors (Lipinski definition) is 1. The monoisotopic (exact) mass is 325 g/mol. The number of rotatable bonds is 5. The molecule has 0 atom stereocenters. The van der Waals surface area contributed by atoms with E-state index in [-0.39, 0.29) is 5.54 Å². The van der Waals surface area contributed by atoms with Gasteiger partial charge in [-0.2, -0.15) is 0 Å². The van der Waals surface area contributed by atoms with E-state index in [1.165, 1.54) is 27.5 Å². The quantitative estimate of drug-likeness (QED) is 0.584. The molecule has 1 N–H and O–H groups in total. The third-order valence-corrected chi connectivity index (χ3v) is 5.26. The summed E-state index contributed by atoms with van der Waals surface area (Å²) in [7, 11) is 0. The smallest absolute Gasteiger partial charge is 0.0851 e. The summed E-state index contributed by atoms with van der Waals surface area (Å²) in [6, 6.07) is 23.9. The van der Waals surface area contributed by atoms with Gasteiger partial charge in [-0.1, -0.05) is 74.2 Å². The van der Waals surface area contributed by atoms with Gasteiger partial charge in [-0.05, 0) is 47.2 Å². The Labute approximate surface area is 149 Å². The summed E-state index contributed by atoms with van der Waals surface area (Å²) in [6.07, 6.45) is 3.29. The van der Waals surface area contributed by atoms with Crippen molar-refractivity contribution in [1.29, 1.82) is 0 Å². The number of fused-ring (bicyclic) bond motifs is 1. The Morgan fingerprint density at radius 2 is 1.72 bits per heavy atom. The van der Waals surface area contributed by atoms with Crippen LogP contribution in [0.4, 0.5) is 0 Å². The van der Waals surface area contributed by atoms with Crippen molar-refractivity contribution in [3.63, 3.8) is 0 Å². The second-order valence-electron chi connectivity index (χ2n) is 6.83. The number of hydrogen-bond acceptors (Lipinski definition) is 1. The van der Waals surface area contributed by atoms with Gasteiger partial charge in [0.05, 0.1) is 11.2 Å². The summed E-state index contributed by atoms with van der Waals surface area (Å²) in [5, 5.41) is 6.36. The van der Waals surface area contributed by atoms with E-state index in [4.69, 9.17) is 0 Å². The van der Waals surface area contributed by atoms with Crippen LogP contribution < -0.4 is 5.32 Å². The highest BCUT2D eigenvalue weighted by Crippen LogP contribution is 2.47. The van der Waals surface area contributed by atoms with Gasteiger partial charge in [0, 0.05) is 5.56 Å². The van der Waals surface area contributed by atoms with Crippen molar-refractivity contribution in [3.05, 3.63) is 95.7 Å². The van der Waals surface area contributed by atoms with Crippen molar-refractivity contribution in [1.82, 2.24) is 5.32 Å². The van der Waals surface area contributed by atoms with Crippen molar-refractivity contribution >= 4 is 16.5 Å². The van der Waals surface area contributed by atoms with E-state index < -0.39 is 0 Å². The Balaban J connectivity index is 1.69. The Bertz CT molecular complexity index is 972. The molecule has 1 aliphatic rings. The zero-order chi connectivity index (χ0) is 17.3. The summed E-state index contributed by atoms with van der Waals surface area (Å²) < 4.78 is 0. The minimum Gasteiger partial charge on any atom is -0.369 e. The van der Waals surface area contributed by atoms with Crippen molar-refractivity contribution < 1.29 is 0 Å². The molecule has 0 radical (unpaired) electrons. The SMILES string of the molecule is C=C=C(NC1(c2ccc3ccccc3c2)CC1)c1ccccc1CC. The maximum Gasteiger partial charge on any atom is 0.0851 e. The summed E-state index contributed by atoms with van der Waals surface area (Å²) in [5.74, 6) is 0. The highest BCUT2D eigenvalue weighted by molar-refractivity contribution is 5.83. The predicted octanol–water partition coefficient (Wildman–Crippen LogP) is 5.81. The van der Waals surface area contributed by atoms with Gasteiger partial charge in [-0.3, -0.25) is 0 Å². The Morgan fingerprint density at radius 3 is 2.44 bits per heavy atom. The largest absolute Gasteiger partial charge is 0.369 e. The van der Waals surface area contributed by atoms with Crippen molar-refractivity contribution in [2.75, 3.05) is 0 Å². The van der Waals surface area contributed by atoms with Gasteiger partial charge in [-0.25, -0.2) is 0 Å². The van der Waals surface area contributed by atoms with Crippen molar-refractivity contribution in [2.24, 2.45) is 0 Å². The van der Waals surface area contributed by atoms with E-state index in [2.05, 4.69) is 91.3 Å². The van der Waals surface area contributed by atoms with E-state index in [1.54, 1.807) is 0 Å². The van der Waals surface area contributed by atoms with E-state index in [0.29, 0.717) is 0 Å². The van der Waals surface area contributed by atoms with Gasteiger partial charge in [0.25, 0.3) is 0 Å². The predicted molar refractivity (Wildman–Crippen MR) is 106 cm³/mol. The molecule has 0 aliphatic heterocycles. The van der Waals surface area contributed by atoms with Crippen LogP contribution in [0.2, 0.25) is 0 Å². The highest BCUT2D eigenvalue weighted by atomic mass is 15.0. The topological polar surface area (TPSA) is 12.0 Å². The molecule has 3 aromatic carbocycles. The van der Waals surface area contributed by atoms with Crippen LogP contribution in [0.15, 0.2) is 79.0 Å². The van der Waals surface area contributed by atoms with E-state index >= 15 is 0 Å². The van der Waals surface area contributed by atoms with Crippen LogP contribution in [0.5, 0.6) is 0 Å². The summed E-state index contributed by atoms with van der Waals surface area (Å²) in [5.41, 5.74) is 8.09. The van der Waals surface area contributed by atoms with Crippen molar-refractivity contribution in [2.45, 2.75) is 31.7 Å².